The summed E-state index contributed by atoms with van der Waals surface area (Å²) in [5.41, 5.74) is -1.09. The van der Waals surface area contributed by atoms with Crippen LogP contribution in [-0.4, -0.2) is 25.7 Å². The van der Waals surface area contributed by atoms with Gasteiger partial charge in [0.05, 0.1) is 10.6 Å². The minimum Gasteiger partial charge on any atom is -0.505 e. The summed E-state index contributed by atoms with van der Waals surface area (Å²) < 4.78 is 1.73. The van der Waals surface area contributed by atoms with Crippen LogP contribution in [0.2, 0.25) is 0 Å². The Morgan fingerprint density at radius 3 is 2.52 bits per heavy atom. The molecular weight excluding hydrogens is 420 g/mol. The monoisotopic (exact) mass is 430 g/mol. The van der Waals surface area contributed by atoms with Crippen molar-refractivity contribution in [2.24, 2.45) is 0 Å². The van der Waals surface area contributed by atoms with Crippen molar-refractivity contribution in [3.8, 4) is 11.4 Å². The fraction of sp³-hybridized carbons (Fsp3) is 0. The molecule has 2 N–H and O–H groups in total. The quantitative estimate of drug-likeness (QED) is 0.483. The highest BCUT2D eigenvalue weighted by molar-refractivity contribution is 9.10. The van der Waals surface area contributed by atoms with Gasteiger partial charge in [-0.25, -0.2) is 0 Å². The van der Waals surface area contributed by atoms with Crippen LogP contribution in [0.1, 0.15) is 10.5 Å². The summed E-state index contributed by atoms with van der Waals surface area (Å²) in [5, 5.41) is 27.2. The zero-order valence-electron chi connectivity index (χ0n) is 13.5. The molecule has 1 heterocycles. The Kier molecular flexibility index (Phi) is 4.99. The molecule has 0 radical (unpaired) electrons. The highest BCUT2D eigenvalue weighted by atomic mass is 79.9. The number of nitrogens with one attached hydrogen (secondary N) is 1. The lowest BCUT2D eigenvalue weighted by atomic mass is 10.2. The number of benzene rings is 2. The molecule has 0 saturated carbocycles. The first kappa shape index (κ1) is 18.3. The molecule has 2 aromatic carbocycles. The van der Waals surface area contributed by atoms with Gasteiger partial charge < -0.3 is 10.4 Å². The maximum absolute atomic E-state index is 12.5. The third kappa shape index (κ3) is 3.85. The average Bonchev–Trinajstić information content (AvgIpc) is 2.63. The predicted octanol–water partition coefficient (Wildman–Crippen LogP) is 2.86. The van der Waals surface area contributed by atoms with Gasteiger partial charge in [0.1, 0.15) is 5.69 Å². The predicted molar refractivity (Wildman–Crippen MR) is 100 cm³/mol. The Morgan fingerprint density at radius 2 is 1.85 bits per heavy atom. The topological polar surface area (TPSA) is 127 Å². The van der Waals surface area contributed by atoms with Gasteiger partial charge in [-0.1, -0.05) is 28.1 Å². The molecule has 0 aliphatic rings. The van der Waals surface area contributed by atoms with E-state index >= 15 is 0 Å². The van der Waals surface area contributed by atoms with Crippen molar-refractivity contribution in [2.75, 3.05) is 5.32 Å². The first-order valence-electron chi connectivity index (χ1n) is 7.51. The molecule has 0 atom stereocenters. The summed E-state index contributed by atoms with van der Waals surface area (Å²) in [6.07, 6.45) is 0. The van der Waals surface area contributed by atoms with Crippen LogP contribution in [0.5, 0.6) is 5.75 Å². The van der Waals surface area contributed by atoms with Crippen molar-refractivity contribution >= 4 is 33.2 Å². The number of amides is 1. The molecule has 1 aromatic heterocycles. The molecule has 0 aliphatic heterocycles. The smallest absolute Gasteiger partial charge is 0.292 e. The van der Waals surface area contributed by atoms with Gasteiger partial charge in [-0.2, -0.15) is 9.78 Å². The zero-order valence-corrected chi connectivity index (χ0v) is 15.1. The molecule has 9 nitrogen and oxygen atoms in total. The number of halogens is 1. The number of hydrogen-bond donors (Lipinski definition) is 2. The highest BCUT2D eigenvalue weighted by Crippen LogP contribution is 2.24. The number of aromatic hydroxyl groups is 1. The van der Waals surface area contributed by atoms with Crippen molar-refractivity contribution < 1.29 is 14.8 Å². The van der Waals surface area contributed by atoms with E-state index in [0.29, 0.717) is 5.69 Å². The Morgan fingerprint density at radius 1 is 1.19 bits per heavy atom. The van der Waals surface area contributed by atoms with E-state index < -0.39 is 27.8 Å². The summed E-state index contributed by atoms with van der Waals surface area (Å²) in [7, 11) is 0. The molecule has 0 saturated heterocycles. The molecule has 3 aromatic rings. The van der Waals surface area contributed by atoms with Gasteiger partial charge in [-0.05, 0) is 30.3 Å². The van der Waals surface area contributed by atoms with E-state index in [2.05, 4.69) is 26.3 Å². The number of nitro benzene ring substituents is 1. The Hall–Kier alpha value is -3.53. The van der Waals surface area contributed by atoms with Crippen molar-refractivity contribution in [1.82, 2.24) is 9.78 Å². The second-order valence-corrected chi connectivity index (χ2v) is 6.25. The fourth-order valence-corrected chi connectivity index (χ4v) is 2.56. The standard InChI is InChI=1S/C17H11BrN4O5/c18-10-5-7-11(8-6-10)21-15(24)9-14(23)16(20-21)17(25)19-12-3-1-2-4-13(12)22(26)27/h1-9,23H,(H,19,25). The van der Waals surface area contributed by atoms with Crippen LogP contribution in [0.15, 0.2) is 63.9 Å². The number of carbonyl (C=O) groups is 1. The number of carbonyl (C=O) groups excluding carboxylic acids is 1. The average molecular weight is 431 g/mol. The lowest BCUT2D eigenvalue weighted by Gasteiger charge is -2.10. The molecule has 27 heavy (non-hydrogen) atoms. The molecular formula is C17H11BrN4O5. The van der Waals surface area contributed by atoms with E-state index in [0.717, 1.165) is 15.2 Å². The van der Waals surface area contributed by atoms with Crippen molar-refractivity contribution in [3.63, 3.8) is 0 Å². The number of nitro groups is 1. The zero-order chi connectivity index (χ0) is 19.6. The lowest BCUT2D eigenvalue weighted by Crippen LogP contribution is -2.25. The fourth-order valence-electron chi connectivity index (χ4n) is 2.30. The highest BCUT2D eigenvalue weighted by Gasteiger charge is 2.20. The van der Waals surface area contributed by atoms with Gasteiger partial charge in [0, 0.05) is 16.6 Å². The van der Waals surface area contributed by atoms with Crippen LogP contribution in [0, 0.1) is 10.1 Å². The Labute approximate surface area is 160 Å². The lowest BCUT2D eigenvalue weighted by molar-refractivity contribution is -0.383. The van der Waals surface area contributed by atoms with E-state index in [1.807, 2.05) is 0 Å². The van der Waals surface area contributed by atoms with Gasteiger partial charge in [-0.3, -0.25) is 19.7 Å². The Balaban J connectivity index is 2.01. The number of nitrogens with zero attached hydrogens (tertiary/aromatic N) is 3. The third-order valence-corrected chi connectivity index (χ3v) is 4.08. The van der Waals surface area contributed by atoms with Crippen LogP contribution < -0.4 is 10.9 Å². The normalized spacial score (nSPS) is 10.4. The molecule has 3 rings (SSSR count). The van der Waals surface area contributed by atoms with Gasteiger partial charge in [0.2, 0.25) is 0 Å². The second kappa shape index (κ2) is 7.38. The van der Waals surface area contributed by atoms with Gasteiger partial charge in [0.15, 0.2) is 11.4 Å². The van der Waals surface area contributed by atoms with Gasteiger partial charge >= 0.3 is 0 Å². The van der Waals surface area contributed by atoms with Crippen LogP contribution in [0.3, 0.4) is 0 Å². The molecule has 0 spiro atoms. The minimum atomic E-state index is -0.896. The van der Waals surface area contributed by atoms with Crippen LogP contribution >= 0.6 is 15.9 Å². The summed E-state index contributed by atoms with van der Waals surface area (Å²) in [6.45, 7) is 0. The first-order chi connectivity index (χ1) is 12.9. The van der Waals surface area contributed by atoms with E-state index in [9.17, 15) is 24.8 Å². The number of aromatic nitrogens is 2. The molecule has 10 heteroatoms. The van der Waals surface area contributed by atoms with Crippen LogP contribution in [0.4, 0.5) is 11.4 Å². The van der Waals surface area contributed by atoms with Crippen molar-refractivity contribution in [3.05, 3.63) is 85.2 Å². The summed E-state index contributed by atoms with van der Waals surface area (Å²) in [5.74, 6) is -1.53. The number of para-hydroxylation sites is 2. The van der Waals surface area contributed by atoms with E-state index in [4.69, 9.17) is 0 Å². The summed E-state index contributed by atoms with van der Waals surface area (Å²) in [6, 6.07) is 13.0. The largest absolute Gasteiger partial charge is 0.505 e. The SMILES string of the molecule is O=C(Nc1ccccc1[N+](=O)[O-])c1nn(-c2ccc(Br)cc2)c(=O)cc1O. The molecule has 0 unspecified atom stereocenters. The van der Waals surface area contributed by atoms with E-state index in [-0.39, 0.29) is 11.4 Å². The summed E-state index contributed by atoms with van der Waals surface area (Å²) in [4.78, 5) is 35.0. The molecule has 136 valence electrons. The van der Waals surface area contributed by atoms with Crippen molar-refractivity contribution in [2.45, 2.75) is 0 Å². The van der Waals surface area contributed by atoms with Gasteiger partial charge in [-0.15, -0.1) is 0 Å². The number of rotatable bonds is 4. The van der Waals surface area contributed by atoms with E-state index in [1.165, 1.54) is 24.3 Å². The number of hydrogen-bond acceptors (Lipinski definition) is 6. The van der Waals surface area contributed by atoms with E-state index in [1.54, 1.807) is 24.3 Å². The minimum absolute atomic E-state index is 0.0601. The molecule has 0 bridgehead atoms. The van der Waals surface area contributed by atoms with Crippen molar-refractivity contribution in [1.29, 1.82) is 0 Å². The molecule has 0 aliphatic carbocycles. The molecule has 1 amide bonds. The van der Waals surface area contributed by atoms with Crippen LogP contribution in [0.25, 0.3) is 5.69 Å². The second-order valence-electron chi connectivity index (χ2n) is 5.33. The maximum Gasteiger partial charge on any atom is 0.292 e. The third-order valence-electron chi connectivity index (χ3n) is 3.55. The molecule has 0 fully saturated rings. The Bertz CT molecular complexity index is 1100. The van der Waals surface area contributed by atoms with Gasteiger partial charge in [0.25, 0.3) is 17.2 Å². The number of anilines is 1. The summed E-state index contributed by atoms with van der Waals surface area (Å²) >= 11 is 3.27. The maximum atomic E-state index is 12.5. The first-order valence-corrected chi connectivity index (χ1v) is 8.30. The van der Waals surface area contributed by atoms with Crippen LogP contribution in [-0.2, 0) is 0 Å².